The number of allylic oxidation sites excluding steroid dienone is 10. The molecule has 0 aromatic carbocycles. The van der Waals surface area contributed by atoms with E-state index in [1.807, 2.05) is 0 Å². The Morgan fingerprint density at radius 1 is 0.526 bits per heavy atom. The van der Waals surface area contributed by atoms with Crippen LogP contribution in [0.5, 0.6) is 0 Å². The minimum atomic E-state index is -1.13. The average molecular weight is 800 g/mol. The van der Waals surface area contributed by atoms with Gasteiger partial charge in [-0.15, -0.1) is 0 Å². The lowest BCUT2D eigenvalue weighted by Gasteiger charge is -2.34. The number of nitrogens with zero attached hydrogens (tertiary/aromatic N) is 1. The maximum absolute atomic E-state index is 12.7. The van der Waals surface area contributed by atoms with Gasteiger partial charge in [0, 0.05) is 19.3 Å². The largest absolute Gasteiger partial charge is 0.544 e. The van der Waals surface area contributed by atoms with E-state index in [2.05, 4.69) is 74.6 Å². The van der Waals surface area contributed by atoms with Gasteiger partial charge in [0.15, 0.2) is 6.10 Å². The predicted octanol–water partition coefficient (Wildman–Crippen LogP) is 11.2. The normalized spacial score (nSPS) is 13.5. The molecular formula is C49H85NO7. The molecule has 0 amide bonds. The van der Waals surface area contributed by atoms with Gasteiger partial charge in [0.05, 0.1) is 40.3 Å². The predicted molar refractivity (Wildman–Crippen MR) is 236 cm³/mol. The first kappa shape index (κ1) is 54.0. The van der Waals surface area contributed by atoms with Crippen molar-refractivity contribution in [3.8, 4) is 0 Å². The fraction of sp³-hybridized carbons (Fsp3) is 0.735. The summed E-state index contributed by atoms with van der Waals surface area (Å²) in [4.78, 5) is 36.8. The van der Waals surface area contributed by atoms with Crippen molar-refractivity contribution in [3.63, 3.8) is 0 Å². The third kappa shape index (κ3) is 38.3. The van der Waals surface area contributed by atoms with E-state index in [1.54, 1.807) is 21.1 Å². The first-order chi connectivity index (χ1) is 27.6. The number of rotatable bonds is 40. The van der Waals surface area contributed by atoms with Crippen molar-refractivity contribution in [2.45, 2.75) is 193 Å². The zero-order valence-electron chi connectivity index (χ0n) is 37.2. The molecule has 57 heavy (non-hydrogen) atoms. The number of carbonyl (C=O) groups is 3. The van der Waals surface area contributed by atoms with Gasteiger partial charge in [-0.25, -0.2) is 0 Å². The number of hydrogen-bond donors (Lipinski definition) is 0. The summed E-state index contributed by atoms with van der Waals surface area (Å²) in [5.74, 6) is -1.79. The number of carboxylic acid groups (broad SMARTS) is 1. The van der Waals surface area contributed by atoms with E-state index >= 15 is 0 Å². The van der Waals surface area contributed by atoms with Crippen molar-refractivity contribution in [2.24, 2.45) is 0 Å². The van der Waals surface area contributed by atoms with Gasteiger partial charge in [-0.05, 0) is 64.2 Å². The third-order valence-corrected chi connectivity index (χ3v) is 9.91. The van der Waals surface area contributed by atoms with E-state index in [1.165, 1.54) is 83.5 Å². The molecule has 0 aliphatic rings. The monoisotopic (exact) mass is 800 g/mol. The van der Waals surface area contributed by atoms with Crippen molar-refractivity contribution >= 4 is 17.9 Å². The van der Waals surface area contributed by atoms with E-state index in [4.69, 9.17) is 14.2 Å². The zero-order valence-corrected chi connectivity index (χ0v) is 37.2. The molecule has 2 atom stereocenters. The van der Waals surface area contributed by atoms with Crippen molar-refractivity contribution in [2.75, 3.05) is 41.0 Å². The molecule has 0 saturated carbocycles. The van der Waals surface area contributed by atoms with Gasteiger partial charge >= 0.3 is 11.9 Å². The number of aliphatic carboxylic acids is 1. The Labute approximate surface area is 349 Å². The van der Waals surface area contributed by atoms with Crippen LogP contribution in [0.1, 0.15) is 181 Å². The second-order valence-electron chi connectivity index (χ2n) is 16.3. The lowest BCUT2D eigenvalue weighted by atomic mass is 10.0. The molecule has 8 nitrogen and oxygen atoms in total. The quantitative estimate of drug-likeness (QED) is 0.0263. The summed E-state index contributed by atoms with van der Waals surface area (Å²) in [5, 5.41) is 11.6. The van der Waals surface area contributed by atoms with Crippen molar-refractivity contribution in [1.82, 2.24) is 0 Å². The highest BCUT2D eigenvalue weighted by atomic mass is 16.6. The number of likely N-dealkylation sites (N-methyl/N-ethyl adjacent to an activating group) is 1. The molecule has 0 aliphatic carbocycles. The molecule has 0 aliphatic heterocycles. The van der Waals surface area contributed by atoms with E-state index in [9.17, 15) is 19.5 Å². The molecule has 0 radical (unpaired) electrons. The second-order valence-corrected chi connectivity index (χ2v) is 16.3. The van der Waals surface area contributed by atoms with Crippen LogP contribution >= 0.6 is 0 Å². The lowest BCUT2D eigenvalue weighted by Crippen LogP contribution is -2.55. The molecule has 0 N–H and O–H groups in total. The van der Waals surface area contributed by atoms with Gasteiger partial charge in [-0.2, -0.15) is 0 Å². The SMILES string of the molecule is CCCCC/C=C/C/C=C/C/C=C/C/C=C/C/C=C/CCCCC(=O)OCC(COCCC(C(=O)[O-])[N+](C)(C)C)OC(=O)CCCCCCCCCCCCCC. The Balaban J connectivity index is 4.38. The summed E-state index contributed by atoms with van der Waals surface area (Å²) >= 11 is 0. The number of unbranched alkanes of at least 4 members (excludes halogenated alkanes) is 16. The van der Waals surface area contributed by atoms with Gasteiger partial charge in [-0.3, -0.25) is 9.59 Å². The Bertz CT molecular complexity index is 1120. The minimum Gasteiger partial charge on any atom is -0.544 e. The highest BCUT2D eigenvalue weighted by molar-refractivity contribution is 5.70. The second kappa shape index (κ2) is 39.8. The van der Waals surface area contributed by atoms with Crippen LogP contribution in [0.3, 0.4) is 0 Å². The highest BCUT2D eigenvalue weighted by Gasteiger charge is 2.25. The number of ether oxygens (including phenoxy) is 3. The average Bonchev–Trinajstić information content (AvgIpc) is 3.17. The van der Waals surface area contributed by atoms with Crippen LogP contribution < -0.4 is 5.11 Å². The maximum Gasteiger partial charge on any atom is 0.306 e. The van der Waals surface area contributed by atoms with Gasteiger partial charge < -0.3 is 28.6 Å². The van der Waals surface area contributed by atoms with Gasteiger partial charge in [0.2, 0.25) is 0 Å². The smallest absolute Gasteiger partial charge is 0.306 e. The molecular weight excluding hydrogens is 715 g/mol. The number of carbonyl (C=O) groups excluding carboxylic acids is 3. The summed E-state index contributed by atoms with van der Waals surface area (Å²) in [5.41, 5.74) is 0. The summed E-state index contributed by atoms with van der Waals surface area (Å²) in [6.45, 7) is 4.58. The van der Waals surface area contributed by atoms with Gasteiger partial charge in [0.25, 0.3) is 0 Å². The first-order valence-corrected chi connectivity index (χ1v) is 22.8. The Morgan fingerprint density at radius 3 is 1.40 bits per heavy atom. The molecule has 0 aromatic heterocycles. The summed E-state index contributed by atoms with van der Waals surface area (Å²) in [6, 6.07) is -0.733. The number of esters is 2. The molecule has 0 spiro atoms. The van der Waals surface area contributed by atoms with E-state index in [0.29, 0.717) is 19.3 Å². The fourth-order valence-electron chi connectivity index (χ4n) is 6.32. The van der Waals surface area contributed by atoms with Crippen molar-refractivity contribution < 1.29 is 38.2 Å². The number of carboxylic acids is 1. The van der Waals surface area contributed by atoms with E-state index < -0.39 is 18.1 Å². The van der Waals surface area contributed by atoms with Crippen molar-refractivity contribution in [3.05, 3.63) is 60.8 Å². The van der Waals surface area contributed by atoms with Gasteiger partial charge in [-0.1, -0.05) is 158 Å². The van der Waals surface area contributed by atoms with Crippen LogP contribution in [-0.4, -0.2) is 75.5 Å². The summed E-state index contributed by atoms with van der Waals surface area (Å²) in [7, 11) is 5.39. The lowest BCUT2D eigenvalue weighted by molar-refractivity contribution is -0.889. The number of hydrogen-bond acceptors (Lipinski definition) is 7. The van der Waals surface area contributed by atoms with Crippen LogP contribution in [-0.2, 0) is 28.6 Å². The Morgan fingerprint density at radius 2 is 0.930 bits per heavy atom. The topological polar surface area (TPSA) is 102 Å². The molecule has 2 unspecified atom stereocenters. The van der Waals surface area contributed by atoms with E-state index in [-0.39, 0.29) is 42.7 Å². The third-order valence-electron chi connectivity index (χ3n) is 9.91. The van der Waals surface area contributed by atoms with Crippen LogP contribution in [0.15, 0.2) is 60.8 Å². The molecule has 0 fully saturated rings. The molecule has 0 rings (SSSR count). The maximum atomic E-state index is 12.7. The highest BCUT2D eigenvalue weighted by Crippen LogP contribution is 2.14. The van der Waals surface area contributed by atoms with Crippen LogP contribution in [0.25, 0.3) is 0 Å². The molecule has 0 heterocycles. The van der Waals surface area contributed by atoms with Crippen LogP contribution in [0.2, 0.25) is 0 Å². The van der Waals surface area contributed by atoms with Crippen LogP contribution in [0.4, 0.5) is 0 Å². The molecule has 8 heteroatoms. The molecule has 328 valence electrons. The van der Waals surface area contributed by atoms with Crippen molar-refractivity contribution in [1.29, 1.82) is 0 Å². The Hall–Kier alpha value is -2.97. The standard InChI is InChI=1S/C49H85NO7/c1-6-8-10-12-14-16-18-20-21-22-23-24-25-26-27-28-30-31-33-35-37-39-47(51)56-44-45(43-55-42-41-46(49(53)54)50(3,4)5)57-48(52)40-38-36-34-32-29-19-17-15-13-11-9-7-2/h14,16,20-21,23-24,26-27,30-31,45-46H,6-13,15,17-19,22,25,28-29,32-44H2,1-5H3/b16-14+,21-20+,24-23+,27-26+,31-30+. The van der Waals surface area contributed by atoms with Crippen LogP contribution in [0, 0.1) is 0 Å². The molecule has 0 saturated heterocycles. The molecule has 0 bridgehead atoms. The summed E-state index contributed by atoms with van der Waals surface area (Å²) < 4.78 is 17.1. The van der Waals surface area contributed by atoms with E-state index in [0.717, 1.165) is 57.8 Å². The fourth-order valence-corrected chi connectivity index (χ4v) is 6.32. The zero-order chi connectivity index (χ0) is 42.1. The molecule has 0 aromatic rings. The minimum absolute atomic E-state index is 0.0264. The Kier molecular flexibility index (Phi) is 37.8. The summed E-state index contributed by atoms with van der Waals surface area (Å²) in [6.07, 6.45) is 48.2. The number of quaternary nitrogens is 1. The first-order valence-electron chi connectivity index (χ1n) is 22.8. The van der Waals surface area contributed by atoms with Gasteiger partial charge in [0.1, 0.15) is 12.6 Å².